The van der Waals surface area contributed by atoms with E-state index in [4.69, 9.17) is 23.9 Å². The van der Waals surface area contributed by atoms with E-state index in [1.54, 1.807) is 65.1 Å². The molecule has 4 aromatic carbocycles. The van der Waals surface area contributed by atoms with Gasteiger partial charge in [0.2, 0.25) is 11.9 Å². The third-order valence-corrected chi connectivity index (χ3v) is 17.8. The van der Waals surface area contributed by atoms with Crippen molar-refractivity contribution in [1.82, 2.24) is 29.7 Å². The van der Waals surface area contributed by atoms with Gasteiger partial charge in [0.15, 0.2) is 0 Å². The molecule has 92 heavy (non-hydrogen) atoms. The second-order valence-electron chi connectivity index (χ2n) is 25.0. The van der Waals surface area contributed by atoms with Gasteiger partial charge < -0.3 is 39.0 Å². The molecule has 2 N–H and O–H groups in total. The topological polar surface area (TPSA) is 210 Å². The van der Waals surface area contributed by atoms with Crippen LogP contribution in [0.5, 0.6) is 11.5 Å². The number of carbonyl (C=O) groups is 4. The molecule has 4 aliphatic heterocycles. The fourth-order valence-corrected chi connectivity index (χ4v) is 12.4. The number of aliphatic carboxylic acids is 2. The maximum Gasteiger partial charge on any atom is 0.416 e. The summed E-state index contributed by atoms with van der Waals surface area (Å²) in [6.45, 7) is 10.1. The number of anilines is 2. The lowest BCUT2D eigenvalue weighted by atomic mass is 9.78. The lowest BCUT2D eigenvalue weighted by molar-refractivity contribution is -0.147. The molecule has 0 unspecified atom stereocenters. The number of carbonyl (C=O) groups excluding carboxylic acids is 2. The van der Waals surface area contributed by atoms with Crippen molar-refractivity contribution in [1.29, 1.82) is 0 Å². The first-order chi connectivity index (χ1) is 43.3. The second kappa shape index (κ2) is 25.7. The molecule has 6 heterocycles. The monoisotopic (exact) mass is 1290 g/mol. The Morgan fingerprint density at radius 2 is 1.10 bits per heavy atom. The quantitative estimate of drug-likeness (QED) is 0.0813. The first-order valence-corrected chi connectivity index (χ1v) is 30.0. The summed E-state index contributed by atoms with van der Waals surface area (Å²) in [5.41, 5.74) is 3.37. The molecule has 5 fully saturated rings. The summed E-state index contributed by atoms with van der Waals surface area (Å²) in [5, 5.41) is 19.1. The third-order valence-electron chi connectivity index (χ3n) is 17.8. The molecule has 6 aromatic rings. The molecule has 4 atom stereocenters. The van der Waals surface area contributed by atoms with Crippen molar-refractivity contribution in [3.05, 3.63) is 141 Å². The van der Waals surface area contributed by atoms with E-state index < -0.39 is 96.3 Å². The summed E-state index contributed by atoms with van der Waals surface area (Å²) >= 11 is 0. The van der Waals surface area contributed by atoms with E-state index >= 15 is 0 Å². The molecule has 2 amide bonds. The van der Waals surface area contributed by atoms with Crippen molar-refractivity contribution < 1.29 is 83.5 Å². The van der Waals surface area contributed by atoms with Crippen LogP contribution >= 0.6 is 0 Å². The van der Waals surface area contributed by atoms with Crippen LogP contribution in [-0.2, 0) is 50.9 Å². The van der Waals surface area contributed by atoms with Crippen LogP contribution in [0.1, 0.15) is 134 Å². The molecule has 5 aliphatic rings. The van der Waals surface area contributed by atoms with E-state index in [1.165, 1.54) is 42.0 Å². The first-order valence-electron chi connectivity index (χ1n) is 30.0. The number of methoxy groups -OCH3 is 2. The number of benzene rings is 4. The number of cyclic esters (lactones) is 2. The molecule has 1 saturated carbocycles. The molecule has 1 aliphatic carbocycles. The molecule has 0 bridgehead atoms. The summed E-state index contributed by atoms with van der Waals surface area (Å²) in [5.74, 6) is -3.36. The minimum atomic E-state index is -4.59. The standard InChI is InChI=1S/C34H35F5N4O5.C32H35F3N4O5/c1-18-10-23(12-24(11-18)34(37,38)39)29-19(2)43(32(46)48-29)15-27-26(14-40-31(41-27)42-16-33(35,36)17-42)25-13-22(8-9-28(25)47-3)20-4-6-21(7-5-20)30(44)45;1-18-11-21(14-22(12-18)32(33,34)35)27-19(2)39(30(42)44-27)17-25-24(16-36-29(37-25)38-9-6-10-38)23-13-20(7-8-26(23)43-5)15-31(3,4)28(40)41/h8-14,19-21,29H,4-7,15-17H2,1-3H3,(H,44,45);7-8,11-14,16,19,27H,6,9-10,15,17H2,1-5H3,(H,40,41)/t19-,20?,21?,29-;19-,27-/m00/s1. The Morgan fingerprint density at radius 1 is 0.630 bits per heavy atom. The summed E-state index contributed by atoms with van der Waals surface area (Å²) in [4.78, 5) is 74.4. The number of nitrogens with zero attached hydrogens (tertiary/aromatic N) is 8. The summed E-state index contributed by atoms with van der Waals surface area (Å²) in [7, 11) is 3.02. The Hall–Kier alpha value is -8.84. The van der Waals surface area contributed by atoms with Gasteiger partial charge in [-0.1, -0.05) is 35.4 Å². The molecular formula is C66H70F8N8O10. The first kappa shape index (κ1) is 66.1. The lowest BCUT2D eigenvalue weighted by Crippen LogP contribution is -2.57. The van der Waals surface area contributed by atoms with E-state index in [9.17, 15) is 64.5 Å². The molecule has 0 radical (unpaired) electrons. The van der Waals surface area contributed by atoms with Gasteiger partial charge in [-0.25, -0.2) is 38.3 Å². The molecule has 26 heteroatoms. The van der Waals surface area contributed by atoms with Gasteiger partial charge in [0, 0.05) is 47.7 Å². The summed E-state index contributed by atoms with van der Waals surface area (Å²) in [6.07, 6.45) is -5.60. The zero-order valence-electron chi connectivity index (χ0n) is 51.8. The van der Waals surface area contributed by atoms with Crippen LogP contribution in [0.15, 0.2) is 85.2 Å². The number of hydrogen-bond acceptors (Lipinski definition) is 14. The summed E-state index contributed by atoms with van der Waals surface area (Å²) in [6, 6.07) is 17.0. The van der Waals surface area contributed by atoms with Gasteiger partial charge in [0.1, 0.15) is 23.7 Å². The minimum absolute atomic E-state index is 0.00113. The molecule has 11 rings (SSSR count). The van der Waals surface area contributed by atoms with Crippen molar-refractivity contribution in [2.75, 3.05) is 50.2 Å². The number of halogens is 8. The Balaban J connectivity index is 0.000000202. The second-order valence-corrected chi connectivity index (χ2v) is 25.0. The maximum atomic E-state index is 13.8. The summed E-state index contributed by atoms with van der Waals surface area (Å²) < 4.78 is 132. The van der Waals surface area contributed by atoms with Gasteiger partial charge in [0.25, 0.3) is 5.92 Å². The number of hydrogen-bond donors (Lipinski definition) is 2. The number of rotatable bonds is 17. The van der Waals surface area contributed by atoms with Crippen LogP contribution in [0.3, 0.4) is 0 Å². The molecule has 0 spiro atoms. The Kier molecular flexibility index (Phi) is 18.5. The van der Waals surface area contributed by atoms with Crippen LogP contribution < -0.4 is 19.3 Å². The predicted molar refractivity (Wildman–Crippen MR) is 320 cm³/mol. The van der Waals surface area contributed by atoms with Gasteiger partial charge in [-0.15, -0.1) is 0 Å². The number of aryl methyl sites for hydroxylation is 2. The van der Waals surface area contributed by atoms with Crippen molar-refractivity contribution >= 4 is 36.0 Å². The highest BCUT2D eigenvalue weighted by Gasteiger charge is 2.47. The number of carboxylic acids is 2. The lowest BCUT2D eigenvalue weighted by Gasteiger charge is -2.38. The van der Waals surface area contributed by atoms with E-state index in [0.29, 0.717) is 87.9 Å². The Bertz CT molecular complexity index is 3790. The smallest absolute Gasteiger partial charge is 0.416 e. The van der Waals surface area contributed by atoms with Gasteiger partial charge in [-0.05, 0) is 157 Å². The van der Waals surface area contributed by atoms with Gasteiger partial charge in [-0.3, -0.25) is 19.4 Å². The molecule has 2 aromatic heterocycles. The van der Waals surface area contributed by atoms with E-state index in [2.05, 4.69) is 15.0 Å². The third kappa shape index (κ3) is 14.1. The average Bonchev–Trinajstić information content (AvgIpc) is 1.31. The average molecular weight is 1290 g/mol. The van der Waals surface area contributed by atoms with Crippen LogP contribution in [0, 0.1) is 25.2 Å². The van der Waals surface area contributed by atoms with Crippen LogP contribution in [-0.4, -0.2) is 122 Å². The molecule has 18 nitrogen and oxygen atoms in total. The maximum absolute atomic E-state index is 13.8. The number of alkyl halides is 8. The number of amides is 2. The highest BCUT2D eigenvalue weighted by atomic mass is 19.4. The number of carboxylic acid groups (broad SMARTS) is 2. The fraction of sp³-hybridized carbons (Fsp3) is 0.455. The van der Waals surface area contributed by atoms with Crippen molar-refractivity contribution in [3.63, 3.8) is 0 Å². The van der Waals surface area contributed by atoms with Crippen LogP contribution in [0.25, 0.3) is 22.3 Å². The van der Waals surface area contributed by atoms with Crippen LogP contribution in [0.2, 0.25) is 0 Å². The number of ether oxygens (including phenoxy) is 4. The zero-order chi connectivity index (χ0) is 66.5. The normalized spacial score (nSPS) is 21.4. The predicted octanol–water partition coefficient (Wildman–Crippen LogP) is 13.8. The number of aromatic nitrogens is 4. The van der Waals surface area contributed by atoms with E-state index in [-0.39, 0.29) is 48.4 Å². The zero-order valence-corrected chi connectivity index (χ0v) is 51.8. The van der Waals surface area contributed by atoms with Gasteiger partial charge in [0.05, 0.1) is 86.3 Å². The van der Waals surface area contributed by atoms with Gasteiger partial charge in [-0.2, -0.15) is 26.3 Å². The highest BCUT2D eigenvalue weighted by molar-refractivity contribution is 5.78. The van der Waals surface area contributed by atoms with Crippen molar-refractivity contribution in [2.45, 2.75) is 142 Å². The Morgan fingerprint density at radius 3 is 1.52 bits per heavy atom. The van der Waals surface area contributed by atoms with Crippen molar-refractivity contribution in [3.8, 4) is 33.8 Å². The highest BCUT2D eigenvalue weighted by Crippen LogP contribution is 2.45. The fourth-order valence-electron chi connectivity index (χ4n) is 12.4. The van der Waals surface area contributed by atoms with Crippen molar-refractivity contribution in [2.24, 2.45) is 11.3 Å². The van der Waals surface area contributed by atoms with E-state index in [1.807, 2.05) is 29.2 Å². The van der Waals surface area contributed by atoms with Gasteiger partial charge >= 0.3 is 36.5 Å². The van der Waals surface area contributed by atoms with E-state index in [0.717, 1.165) is 54.9 Å². The minimum Gasteiger partial charge on any atom is -0.496 e. The largest absolute Gasteiger partial charge is 0.496 e. The van der Waals surface area contributed by atoms with Crippen LogP contribution in [0.4, 0.5) is 56.6 Å². The Labute approximate surface area is 525 Å². The molecular weight excluding hydrogens is 1220 g/mol. The SMILES string of the molecule is COc1ccc(C2CCC(C(=O)O)CC2)cc1-c1cnc(N2CC(F)(F)C2)nc1CN1C(=O)O[C@H](c2cc(C)cc(C(F)(F)F)c2)[C@@H]1C.COc1ccc(CC(C)(C)C(=O)O)cc1-c1cnc(N2CCC2)nc1CN1C(=O)O[C@H](c2cc(C)cc(C(F)(F)F)c2)[C@@H]1C. The molecule has 490 valence electrons. The molecule has 4 saturated heterocycles.